The summed E-state index contributed by atoms with van der Waals surface area (Å²) in [6, 6.07) is 9.40. The summed E-state index contributed by atoms with van der Waals surface area (Å²) in [5.74, 6) is 0. The number of hydrogen-bond acceptors (Lipinski definition) is 0. The molecule has 0 radical (unpaired) electrons. The van der Waals surface area contributed by atoms with Gasteiger partial charge in [0.1, 0.15) is 0 Å². The number of hydrogen-bond donors (Lipinski definition) is 0. The summed E-state index contributed by atoms with van der Waals surface area (Å²) in [7, 11) is 0. The molecule has 3 rings (SSSR count). The Morgan fingerprint density at radius 1 is 0.741 bits per heavy atom. The molecule has 0 aromatic heterocycles. The van der Waals surface area contributed by atoms with Crippen LogP contribution in [0.1, 0.15) is 25.9 Å². The van der Waals surface area contributed by atoms with E-state index in [1.165, 1.54) is 0 Å². The zero-order chi connectivity index (χ0) is 17.5. The minimum Gasteiger partial charge on any atom is -1.00 e. The molecule has 0 spiro atoms. The molecule has 0 saturated carbocycles. The van der Waals surface area contributed by atoms with Crippen molar-refractivity contribution in [3.8, 4) is 0 Å². The average molecular weight is 613 g/mol. The van der Waals surface area contributed by atoms with E-state index in [9.17, 15) is 26.3 Å². The molecule has 1 aliphatic rings. The van der Waals surface area contributed by atoms with Crippen molar-refractivity contribution in [2.24, 2.45) is 0 Å². The van der Waals surface area contributed by atoms with Gasteiger partial charge < -0.3 is 37.2 Å². The van der Waals surface area contributed by atoms with Gasteiger partial charge in [-0.2, -0.15) is 0 Å². The monoisotopic (exact) mass is 613 g/mol. The first kappa shape index (κ1) is 26.5. The van der Waals surface area contributed by atoms with E-state index in [0.717, 1.165) is 23.3 Å². The average Bonchev–Trinajstić information content (AvgIpc) is 2.89. The molecular formula is C17H10Cl3F6Hf. The van der Waals surface area contributed by atoms with Crippen molar-refractivity contribution in [1.29, 1.82) is 0 Å². The van der Waals surface area contributed by atoms with Crippen LogP contribution in [-0.2, 0) is 35.3 Å². The van der Waals surface area contributed by atoms with Crippen molar-refractivity contribution in [1.82, 2.24) is 0 Å². The Bertz CT molecular complexity index is 770. The van der Waals surface area contributed by atoms with Gasteiger partial charge in [-0.3, -0.25) is 0 Å². The maximum Gasteiger partial charge on any atom is -1.00 e. The third kappa shape index (κ3) is 6.24. The SMILES string of the molecule is FC(F)(F)c1c[c]([Hf+3][CH]2C=Cc3ccccc32)cc(C(F)(F)F)c1.[Cl-].[Cl-].[Cl-]. The quantitative estimate of drug-likeness (QED) is 0.241. The van der Waals surface area contributed by atoms with Gasteiger partial charge in [0.25, 0.3) is 0 Å². The minimum atomic E-state index is -4.79. The molecule has 1 unspecified atom stereocenters. The van der Waals surface area contributed by atoms with Gasteiger partial charge in [-0.25, -0.2) is 0 Å². The first-order valence-electron chi connectivity index (χ1n) is 6.98. The zero-order valence-electron chi connectivity index (χ0n) is 13.2. The molecule has 1 aliphatic carbocycles. The number of rotatable bonds is 2. The summed E-state index contributed by atoms with van der Waals surface area (Å²) in [4.78, 5) is 0. The van der Waals surface area contributed by atoms with E-state index in [1.807, 2.05) is 36.4 Å². The van der Waals surface area contributed by atoms with E-state index in [4.69, 9.17) is 0 Å². The van der Waals surface area contributed by atoms with Crippen LogP contribution in [0.15, 0.2) is 48.5 Å². The van der Waals surface area contributed by atoms with Gasteiger partial charge in [-0.15, -0.1) is 0 Å². The first-order chi connectivity index (χ1) is 11.1. The van der Waals surface area contributed by atoms with Crippen molar-refractivity contribution in [2.45, 2.75) is 16.0 Å². The molecule has 0 bridgehead atoms. The second-order valence-electron chi connectivity index (χ2n) is 5.40. The molecule has 1 atom stereocenters. The largest absolute Gasteiger partial charge is 1.00 e. The molecule has 0 heterocycles. The topological polar surface area (TPSA) is 0 Å². The van der Waals surface area contributed by atoms with Crippen molar-refractivity contribution >= 4 is 9.40 Å². The number of halogens is 9. The Kier molecular flexibility index (Phi) is 9.63. The predicted octanol–water partition coefficient (Wildman–Crippen LogP) is -3.79. The molecule has 0 saturated heterocycles. The van der Waals surface area contributed by atoms with Crippen LogP contribution in [0.25, 0.3) is 6.08 Å². The number of benzene rings is 2. The standard InChI is InChI=1S/C9H7.C8H3F6.3ClH.Hf/c1-2-5-9-7-3-6-8(9)4-1;9-7(10,11)5-2-1-3-6(4-5)8(12,13)14;;;;/h1-7H;2-4H;3*1H;/q;;;;;+3/p-3. The molecule has 27 heavy (non-hydrogen) atoms. The van der Waals surface area contributed by atoms with Crippen LogP contribution in [0.4, 0.5) is 26.3 Å². The third-order valence-electron chi connectivity index (χ3n) is 3.71. The Labute approximate surface area is 182 Å². The molecule has 145 valence electrons. The Balaban J connectivity index is 0.00000225. The molecule has 2 aromatic carbocycles. The maximum absolute atomic E-state index is 12.9. The van der Waals surface area contributed by atoms with Crippen LogP contribution < -0.4 is 40.5 Å². The molecule has 0 aliphatic heterocycles. The van der Waals surface area contributed by atoms with E-state index in [2.05, 4.69) is 0 Å². The van der Waals surface area contributed by atoms with E-state index in [1.54, 1.807) is 0 Å². The number of alkyl halides is 6. The summed E-state index contributed by atoms with van der Waals surface area (Å²) in [6.45, 7) is 0. The summed E-state index contributed by atoms with van der Waals surface area (Å²) < 4.78 is 77.7. The number of fused-ring (bicyclic) bond motifs is 1. The van der Waals surface area contributed by atoms with E-state index < -0.39 is 46.4 Å². The fourth-order valence-electron chi connectivity index (χ4n) is 2.59. The van der Waals surface area contributed by atoms with Gasteiger partial charge in [0, 0.05) is 0 Å². The van der Waals surface area contributed by atoms with E-state index in [-0.39, 0.29) is 50.3 Å². The molecule has 10 heteroatoms. The van der Waals surface area contributed by atoms with Crippen LogP contribution in [0.5, 0.6) is 0 Å². The second kappa shape index (κ2) is 9.81. The Hall–Kier alpha value is -0.500. The van der Waals surface area contributed by atoms with Gasteiger partial charge in [0.05, 0.1) is 0 Å². The van der Waals surface area contributed by atoms with Gasteiger partial charge in [-0.05, 0) is 0 Å². The predicted molar refractivity (Wildman–Crippen MR) is 74.3 cm³/mol. The van der Waals surface area contributed by atoms with E-state index in [0.29, 0.717) is 0 Å². The van der Waals surface area contributed by atoms with Gasteiger partial charge in [0.15, 0.2) is 0 Å². The van der Waals surface area contributed by atoms with Crippen LogP contribution in [0.3, 0.4) is 0 Å². The molecule has 0 amide bonds. The molecule has 0 N–H and O–H groups in total. The summed E-state index contributed by atoms with van der Waals surface area (Å²) >= 11 is -1.98. The smallest absolute Gasteiger partial charge is 1.00 e. The van der Waals surface area contributed by atoms with E-state index >= 15 is 0 Å². The Morgan fingerprint density at radius 3 is 1.78 bits per heavy atom. The fourth-order valence-corrected chi connectivity index (χ4v) is 7.79. The van der Waals surface area contributed by atoms with Gasteiger partial charge >= 0.3 is 145 Å². The third-order valence-corrected chi connectivity index (χ3v) is 8.87. The van der Waals surface area contributed by atoms with Crippen LogP contribution in [0.2, 0.25) is 0 Å². The molecule has 2 aromatic rings. The normalized spacial score (nSPS) is 15.0. The second-order valence-corrected chi connectivity index (χ2v) is 10.8. The molecular weight excluding hydrogens is 603 g/mol. The minimum absolute atomic E-state index is 0. The zero-order valence-corrected chi connectivity index (χ0v) is 19.0. The summed E-state index contributed by atoms with van der Waals surface area (Å²) in [6.07, 6.45) is -5.81. The fraction of sp³-hybridized carbons (Fsp3) is 0.176. The van der Waals surface area contributed by atoms with Crippen molar-refractivity contribution in [3.63, 3.8) is 0 Å². The molecule has 0 nitrogen and oxygen atoms in total. The summed E-state index contributed by atoms with van der Waals surface area (Å²) in [5, 5.41) is 0. The van der Waals surface area contributed by atoms with Gasteiger partial charge in [0.2, 0.25) is 0 Å². The van der Waals surface area contributed by atoms with Crippen molar-refractivity contribution in [3.05, 3.63) is 70.8 Å². The van der Waals surface area contributed by atoms with Crippen molar-refractivity contribution < 1.29 is 86.5 Å². The van der Waals surface area contributed by atoms with Crippen LogP contribution >= 0.6 is 0 Å². The Morgan fingerprint density at radius 2 is 1.26 bits per heavy atom. The van der Waals surface area contributed by atoms with Crippen LogP contribution in [-0.4, -0.2) is 0 Å². The molecule has 0 fully saturated rings. The van der Waals surface area contributed by atoms with Gasteiger partial charge in [-0.1, -0.05) is 0 Å². The first-order valence-corrected chi connectivity index (χ1v) is 10.8. The maximum atomic E-state index is 12.9. The van der Waals surface area contributed by atoms with Crippen LogP contribution in [0, 0.1) is 0 Å². The number of allylic oxidation sites excluding steroid dienone is 1. The van der Waals surface area contributed by atoms with Crippen molar-refractivity contribution in [2.75, 3.05) is 0 Å². The summed E-state index contributed by atoms with van der Waals surface area (Å²) in [5.41, 5.74) is -0.477.